The standard InChI is InChI=1S/C16H15NO3S/c1-9-8-10(2)17-15(14(9)16(19)20)21-13-6-4-12(5-7-13)11(3)18/h4-8H,1-3H3,(H,19,20). The van der Waals surface area contributed by atoms with Crippen molar-refractivity contribution >= 4 is 23.5 Å². The van der Waals surface area contributed by atoms with Gasteiger partial charge in [-0.2, -0.15) is 0 Å². The van der Waals surface area contributed by atoms with E-state index in [-0.39, 0.29) is 11.3 Å². The number of aromatic carboxylic acids is 1. The van der Waals surface area contributed by atoms with Crippen molar-refractivity contribution in [2.45, 2.75) is 30.7 Å². The number of pyridine rings is 1. The zero-order chi connectivity index (χ0) is 15.6. The van der Waals surface area contributed by atoms with E-state index in [0.29, 0.717) is 16.2 Å². The van der Waals surface area contributed by atoms with Crippen LogP contribution in [-0.4, -0.2) is 21.8 Å². The number of Topliss-reactive ketones (excluding diaryl/α,β-unsaturated/α-hetero) is 1. The van der Waals surface area contributed by atoms with E-state index in [4.69, 9.17) is 0 Å². The maximum atomic E-state index is 11.4. The topological polar surface area (TPSA) is 67.3 Å². The molecule has 108 valence electrons. The molecule has 0 saturated heterocycles. The molecule has 21 heavy (non-hydrogen) atoms. The van der Waals surface area contributed by atoms with Crippen LogP contribution in [0, 0.1) is 13.8 Å². The summed E-state index contributed by atoms with van der Waals surface area (Å²) >= 11 is 1.29. The van der Waals surface area contributed by atoms with Crippen LogP contribution in [0.1, 0.15) is 38.9 Å². The van der Waals surface area contributed by atoms with Crippen LogP contribution in [-0.2, 0) is 0 Å². The van der Waals surface area contributed by atoms with Crippen molar-refractivity contribution < 1.29 is 14.7 Å². The van der Waals surface area contributed by atoms with Crippen LogP contribution in [0.15, 0.2) is 40.3 Å². The molecule has 0 radical (unpaired) electrons. The highest BCUT2D eigenvalue weighted by Crippen LogP contribution is 2.31. The zero-order valence-corrected chi connectivity index (χ0v) is 12.8. The van der Waals surface area contributed by atoms with E-state index in [1.165, 1.54) is 18.7 Å². The Balaban J connectivity index is 2.39. The van der Waals surface area contributed by atoms with Gasteiger partial charge in [0.25, 0.3) is 0 Å². The van der Waals surface area contributed by atoms with Crippen molar-refractivity contribution in [3.63, 3.8) is 0 Å². The second-order valence-corrected chi connectivity index (χ2v) is 5.81. The fourth-order valence-corrected chi connectivity index (χ4v) is 3.04. The Morgan fingerprint density at radius 1 is 1.14 bits per heavy atom. The predicted octanol–water partition coefficient (Wildman–Crippen LogP) is 3.75. The third-order valence-electron chi connectivity index (χ3n) is 3.00. The summed E-state index contributed by atoms with van der Waals surface area (Å²) in [5.41, 5.74) is 2.32. The van der Waals surface area contributed by atoms with Gasteiger partial charge in [0.05, 0.1) is 5.56 Å². The fraction of sp³-hybridized carbons (Fsp3) is 0.188. The van der Waals surface area contributed by atoms with E-state index >= 15 is 0 Å². The Morgan fingerprint density at radius 3 is 2.29 bits per heavy atom. The molecule has 4 nitrogen and oxygen atoms in total. The normalized spacial score (nSPS) is 10.4. The van der Waals surface area contributed by atoms with E-state index in [0.717, 1.165) is 10.6 Å². The molecule has 2 rings (SSSR count). The van der Waals surface area contributed by atoms with Gasteiger partial charge in [0, 0.05) is 16.2 Å². The van der Waals surface area contributed by atoms with Gasteiger partial charge in [-0.25, -0.2) is 9.78 Å². The average Bonchev–Trinajstić information content (AvgIpc) is 2.37. The van der Waals surface area contributed by atoms with Gasteiger partial charge in [0.15, 0.2) is 5.78 Å². The van der Waals surface area contributed by atoms with Gasteiger partial charge < -0.3 is 5.11 Å². The van der Waals surface area contributed by atoms with Crippen LogP contribution in [0.5, 0.6) is 0 Å². The SMILES string of the molecule is CC(=O)c1ccc(Sc2nc(C)cc(C)c2C(=O)O)cc1. The lowest BCUT2D eigenvalue weighted by Crippen LogP contribution is -2.05. The summed E-state index contributed by atoms with van der Waals surface area (Å²) in [6.07, 6.45) is 0. The summed E-state index contributed by atoms with van der Waals surface area (Å²) in [6, 6.07) is 8.81. The Labute approximate surface area is 127 Å². The minimum absolute atomic E-state index is 0.00213. The Bertz CT molecular complexity index is 708. The monoisotopic (exact) mass is 301 g/mol. The van der Waals surface area contributed by atoms with Crippen LogP contribution in [0.4, 0.5) is 0 Å². The second-order valence-electron chi connectivity index (χ2n) is 4.75. The predicted molar refractivity (Wildman–Crippen MR) is 81.2 cm³/mol. The number of carboxylic acid groups (broad SMARTS) is 1. The Hall–Kier alpha value is -2.14. The van der Waals surface area contributed by atoms with Crippen molar-refractivity contribution in [3.05, 3.63) is 52.7 Å². The van der Waals surface area contributed by atoms with Crippen molar-refractivity contribution in [1.29, 1.82) is 0 Å². The number of carbonyl (C=O) groups is 2. The molecule has 2 aromatic rings. The number of aryl methyl sites for hydroxylation is 2. The highest BCUT2D eigenvalue weighted by atomic mass is 32.2. The van der Waals surface area contributed by atoms with Crippen LogP contribution >= 0.6 is 11.8 Å². The van der Waals surface area contributed by atoms with Gasteiger partial charge in [0.2, 0.25) is 0 Å². The molecular weight excluding hydrogens is 286 g/mol. The molecule has 1 heterocycles. The molecule has 0 aliphatic heterocycles. The molecule has 1 aromatic carbocycles. The van der Waals surface area contributed by atoms with E-state index in [1.54, 1.807) is 37.3 Å². The maximum Gasteiger partial charge on any atom is 0.338 e. The minimum atomic E-state index is -0.983. The molecular formula is C16H15NO3S. The number of ketones is 1. The Morgan fingerprint density at radius 2 is 1.76 bits per heavy atom. The van der Waals surface area contributed by atoms with Crippen molar-refractivity contribution in [2.24, 2.45) is 0 Å². The molecule has 0 aliphatic rings. The van der Waals surface area contributed by atoms with Crippen molar-refractivity contribution in [2.75, 3.05) is 0 Å². The molecule has 1 aromatic heterocycles. The zero-order valence-electron chi connectivity index (χ0n) is 12.0. The molecule has 0 saturated carbocycles. The van der Waals surface area contributed by atoms with Gasteiger partial charge in [-0.15, -0.1) is 0 Å². The van der Waals surface area contributed by atoms with E-state index in [9.17, 15) is 14.7 Å². The lowest BCUT2D eigenvalue weighted by atomic mass is 10.1. The fourth-order valence-electron chi connectivity index (χ4n) is 2.01. The number of hydrogen-bond acceptors (Lipinski definition) is 4. The number of carboxylic acids is 1. The summed E-state index contributed by atoms with van der Waals surface area (Å²) in [5.74, 6) is -0.981. The second kappa shape index (κ2) is 6.10. The smallest absolute Gasteiger partial charge is 0.338 e. The van der Waals surface area contributed by atoms with Crippen LogP contribution in [0.25, 0.3) is 0 Å². The lowest BCUT2D eigenvalue weighted by Gasteiger charge is -2.09. The summed E-state index contributed by atoms with van der Waals surface area (Å²) in [7, 11) is 0. The average molecular weight is 301 g/mol. The molecule has 0 atom stereocenters. The first-order valence-corrected chi connectivity index (χ1v) is 7.20. The first-order chi connectivity index (χ1) is 9.88. The summed E-state index contributed by atoms with van der Waals surface area (Å²) in [6.45, 7) is 5.11. The molecule has 0 spiro atoms. The van der Waals surface area contributed by atoms with Gasteiger partial charge in [-0.1, -0.05) is 23.9 Å². The number of carbonyl (C=O) groups excluding carboxylic acids is 1. The van der Waals surface area contributed by atoms with Crippen LogP contribution in [0.3, 0.4) is 0 Å². The number of nitrogens with zero attached hydrogens (tertiary/aromatic N) is 1. The molecule has 5 heteroatoms. The number of benzene rings is 1. The summed E-state index contributed by atoms with van der Waals surface area (Å²) in [4.78, 5) is 27.8. The molecule has 0 bridgehead atoms. The van der Waals surface area contributed by atoms with Gasteiger partial charge in [-0.05, 0) is 44.5 Å². The third-order valence-corrected chi connectivity index (χ3v) is 4.00. The van der Waals surface area contributed by atoms with E-state index < -0.39 is 5.97 Å². The number of hydrogen-bond donors (Lipinski definition) is 1. The van der Waals surface area contributed by atoms with Crippen LogP contribution < -0.4 is 0 Å². The third kappa shape index (κ3) is 3.49. The van der Waals surface area contributed by atoms with Crippen LogP contribution in [0.2, 0.25) is 0 Å². The number of rotatable bonds is 4. The number of aromatic nitrogens is 1. The first kappa shape index (κ1) is 15.3. The van der Waals surface area contributed by atoms with E-state index in [2.05, 4.69) is 4.98 Å². The first-order valence-electron chi connectivity index (χ1n) is 6.39. The van der Waals surface area contributed by atoms with Crippen molar-refractivity contribution in [1.82, 2.24) is 4.98 Å². The highest BCUT2D eigenvalue weighted by molar-refractivity contribution is 7.99. The molecule has 0 aliphatic carbocycles. The largest absolute Gasteiger partial charge is 0.478 e. The minimum Gasteiger partial charge on any atom is -0.478 e. The molecule has 1 N–H and O–H groups in total. The molecule has 0 unspecified atom stereocenters. The van der Waals surface area contributed by atoms with Gasteiger partial charge >= 0.3 is 5.97 Å². The quantitative estimate of drug-likeness (QED) is 0.871. The maximum absolute atomic E-state index is 11.4. The highest BCUT2D eigenvalue weighted by Gasteiger charge is 2.16. The summed E-state index contributed by atoms with van der Waals surface area (Å²) in [5, 5.41) is 9.80. The van der Waals surface area contributed by atoms with Crippen molar-refractivity contribution in [3.8, 4) is 0 Å². The van der Waals surface area contributed by atoms with E-state index in [1.807, 2.05) is 6.92 Å². The Kier molecular flexibility index (Phi) is 4.43. The molecule has 0 fully saturated rings. The lowest BCUT2D eigenvalue weighted by molar-refractivity contribution is 0.0691. The summed E-state index contributed by atoms with van der Waals surface area (Å²) < 4.78 is 0. The van der Waals surface area contributed by atoms with Gasteiger partial charge in [0.1, 0.15) is 5.03 Å². The van der Waals surface area contributed by atoms with Gasteiger partial charge in [-0.3, -0.25) is 4.79 Å². The molecule has 0 amide bonds.